The van der Waals surface area contributed by atoms with Gasteiger partial charge in [-0.2, -0.15) is 0 Å². The van der Waals surface area contributed by atoms with E-state index in [1.807, 2.05) is 0 Å². The topological polar surface area (TPSA) is 72.8 Å². The molecule has 5 nitrogen and oxygen atoms in total. The lowest BCUT2D eigenvalue weighted by Gasteiger charge is -2.19. The quantitative estimate of drug-likeness (QED) is 0.675. The number of aliphatic hydroxyl groups excluding tert-OH is 1. The second kappa shape index (κ2) is 4.93. The van der Waals surface area contributed by atoms with Crippen LogP contribution in [0.15, 0.2) is 12.2 Å². The third-order valence-corrected chi connectivity index (χ3v) is 1.99. The molecule has 1 aliphatic rings. The highest BCUT2D eigenvalue weighted by Crippen LogP contribution is 2.14. The third kappa shape index (κ3) is 3.71. The smallest absolute Gasteiger partial charge is 0.331 e. The molecule has 0 bridgehead atoms. The molecule has 0 fully saturated rings. The SMILES string of the molecule is CC(=O)O[C@H](C)C[C@@H](O)[C@H]1C=CC(=O)O1. The average Bonchev–Trinajstić information content (AvgIpc) is 2.49. The van der Waals surface area contributed by atoms with Crippen molar-refractivity contribution in [2.45, 2.75) is 38.6 Å². The molecule has 0 aromatic rings. The van der Waals surface area contributed by atoms with Crippen LogP contribution in [0.2, 0.25) is 0 Å². The third-order valence-electron chi connectivity index (χ3n) is 1.99. The summed E-state index contributed by atoms with van der Waals surface area (Å²) in [6, 6.07) is 0. The van der Waals surface area contributed by atoms with E-state index in [1.165, 1.54) is 19.1 Å². The van der Waals surface area contributed by atoms with Crippen LogP contribution in [0.5, 0.6) is 0 Å². The van der Waals surface area contributed by atoms with Crippen molar-refractivity contribution in [2.24, 2.45) is 0 Å². The van der Waals surface area contributed by atoms with Crippen LogP contribution in [-0.2, 0) is 19.1 Å². The molecular weight excluding hydrogens is 200 g/mol. The van der Waals surface area contributed by atoms with Gasteiger partial charge in [0.25, 0.3) is 0 Å². The first-order chi connectivity index (χ1) is 6.99. The van der Waals surface area contributed by atoms with Crippen LogP contribution in [0.4, 0.5) is 0 Å². The van der Waals surface area contributed by atoms with Gasteiger partial charge in [-0.3, -0.25) is 4.79 Å². The molecule has 0 amide bonds. The number of aliphatic hydroxyl groups is 1. The van der Waals surface area contributed by atoms with Gasteiger partial charge < -0.3 is 14.6 Å². The van der Waals surface area contributed by atoms with Crippen molar-refractivity contribution in [3.05, 3.63) is 12.2 Å². The first-order valence-corrected chi connectivity index (χ1v) is 4.73. The summed E-state index contributed by atoms with van der Waals surface area (Å²) in [6.45, 7) is 2.98. The highest BCUT2D eigenvalue weighted by molar-refractivity contribution is 5.84. The van der Waals surface area contributed by atoms with Crippen molar-refractivity contribution in [3.8, 4) is 0 Å². The Bertz CT molecular complexity index is 284. The lowest BCUT2D eigenvalue weighted by Crippen LogP contribution is -2.30. The predicted molar refractivity (Wildman–Crippen MR) is 50.9 cm³/mol. The van der Waals surface area contributed by atoms with Crippen molar-refractivity contribution in [1.29, 1.82) is 0 Å². The summed E-state index contributed by atoms with van der Waals surface area (Å²) >= 11 is 0. The first kappa shape index (κ1) is 11.7. The van der Waals surface area contributed by atoms with Crippen molar-refractivity contribution in [1.82, 2.24) is 0 Å². The minimum absolute atomic E-state index is 0.238. The normalized spacial score (nSPS) is 23.4. The van der Waals surface area contributed by atoms with Crippen LogP contribution in [0, 0.1) is 0 Å². The van der Waals surface area contributed by atoms with Gasteiger partial charge in [0, 0.05) is 19.4 Å². The van der Waals surface area contributed by atoms with E-state index in [2.05, 4.69) is 0 Å². The second-order valence-corrected chi connectivity index (χ2v) is 3.48. The molecule has 1 N–H and O–H groups in total. The fourth-order valence-corrected chi connectivity index (χ4v) is 1.40. The van der Waals surface area contributed by atoms with Crippen molar-refractivity contribution < 1.29 is 24.2 Å². The maximum atomic E-state index is 10.7. The summed E-state index contributed by atoms with van der Waals surface area (Å²) in [6.07, 6.45) is 1.13. The van der Waals surface area contributed by atoms with Gasteiger partial charge >= 0.3 is 11.9 Å². The number of hydrogen-bond donors (Lipinski definition) is 1. The lowest BCUT2D eigenvalue weighted by molar-refractivity contribution is -0.150. The lowest BCUT2D eigenvalue weighted by atomic mass is 10.1. The van der Waals surface area contributed by atoms with E-state index in [1.54, 1.807) is 6.92 Å². The van der Waals surface area contributed by atoms with E-state index in [9.17, 15) is 14.7 Å². The van der Waals surface area contributed by atoms with E-state index in [0.29, 0.717) is 0 Å². The fourth-order valence-electron chi connectivity index (χ4n) is 1.40. The molecule has 0 aromatic carbocycles. The molecule has 15 heavy (non-hydrogen) atoms. The second-order valence-electron chi connectivity index (χ2n) is 3.48. The van der Waals surface area contributed by atoms with E-state index in [0.717, 1.165) is 0 Å². The van der Waals surface area contributed by atoms with Crippen molar-refractivity contribution in [2.75, 3.05) is 0 Å². The number of ether oxygens (including phenoxy) is 2. The number of cyclic esters (lactones) is 1. The average molecular weight is 214 g/mol. The molecule has 0 aliphatic carbocycles. The minimum atomic E-state index is -0.845. The zero-order chi connectivity index (χ0) is 11.4. The molecule has 0 unspecified atom stereocenters. The Morgan fingerprint density at radius 1 is 1.73 bits per heavy atom. The van der Waals surface area contributed by atoms with E-state index in [4.69, 9.17) is 9.47 Å². The summed E-state index contributed by atoms with van der Waals surface area (Å²) < 4.78 is 9.63. The molecule has 0 saturated carbocycles. The minimum Gasteiger partial charge on any atom is -0.463 e. The van der Waals surface area contributed by atoms with E-state index >= 15 is 0 Å². The molecule has 0 radical (unpaired) electrons. The first-order valence-electron chi connectivity index (χ1n) is 4.73. The van der Waals surface area contributed by atoms with E-state index < -0.39 is 30.3 Å². The Morgan fingerprint density at radius 2 is 2.40 bits per heavy atom. The van der Waals surface area contributed by atoms with Gasteiger partial charge in [0.1, 0.15) is 12.2 Å². The van der Waals surface area contributed by atoms with Crippen LogP contribution in [-0.4, -0.2) is 35.4 Å². The van der Waals surface area contributed by atoms with Gasteiger partial charge in [0.05, 0.1) is 6.10 Å². The zero-order valence-corrected chi connectivity index (χ0v) is 8.67. The maximum absolute atomic E-state index is 10.7. The molecule has 1 aliphatic heterocycles. The Kier molecular flexibility index (Phi) is 3.85. The van der Waals surface area contributed by atoms with Crippen LogP contribution in [0.25, 0.3) is 0 Å². The Morgan fingerprint density at radius 3 is 2.87 bits per heavy atom. The molecule has 3 atom stereocenters. The highest BCUT2D eigenvalue weighted by Gasteiger charge is 2.26. The monoisotopic (exact) mass is 214 g/mol. The zero-order valence-electron chi connectivity index (χ0n) is 8.67. The summed E-state index contributed by atoms with van der Waals surface area (Å²) in [4.78, 5) is 21.3. The molecular formula is C10H14O5. The number of carbonyl (C=O) groups excluding carboxylic acids is 2. The Hall–Kier alpha value is -1.36. The summed E-state index contributed by atoms with van der Waals surface area (Å²) in [5, 5.41) is 9.63. The van der Waals surface area contributed by atoms with Gasteiger partial charge in [0.2, 0.25) is 0 Å². The van der Waals surface area contributed by atoms with Crippen LogP contribution >= 0.6 is 0 Å². The summed E-state index contributed by atoms with van der Waals surface area (Å²) in [5.74, 6) is -0.854. The number of rotatable bonds is 4. The van der Waals surface area contributed by atoms with Gasteiger partial charge in [-0.1, -0.05) is 0 Å². The molecule has 1 heterocycles. The number of hydrogen-bond acceptors (Lipinski definition) is 5. The summed E-state index contributed by atoms with van der Waals surface area (Å²) in [5.41, 5.74) is 0. The Labute approximate surface area is 87.7 Å². The van der Waals surface area contributed by atoms with Gasteiger partial charge in [-0.25, -0.2) is 4.79 Å². The molecule has 5 heteroatoms. The largest absolute Gasteiger partial charge is 0.463 e. The van der Waals surface area contributed by atoms with Crippen LogP contribution in [0.1, 0.15) is 20.3 Å². The van der Waals surface area contributed by atoms with E-state index in [-0.39, 0.29) is 6.42 Å². The summed E-state index contributed by atoms with van der Waals surface area (Å²) in [7, 11) is 0. The molecule has 84 valence electrons. The van der Waals surface area contributed by atoms with Crippen LogP contribution < -0.4 is 0 Å². The van der Waals surface area contributed by atoms with Crippen molar-refractivity contribution in [3.63, 3.8) is 0 Å². The standard InChI is InChI=1S/C10H14O5/c1-6(14-7(2)11)5-8(12)9-3-4-10(13)15-9/h3-4,6,8-9,12H,5H2,1-2H3/t6-,8-,9-/m1/s1. The molecule has 0 saturated heterocycles. The van der Waals surface area contributed by atoms with Gasteiger partial charge in [-0.15, -0.1) is 0 Å². The van der Waals surface area contributed by atoms with Gasteiger partial charge in [-0.05, 0) is 13.0 Å². The number of esters is 2. The maximum Gasteiger partial charge on any atom is 0.331 e. The number of carbonyl (C=O) groups is 2. The molecule has 0 spiro atoms. The van der Waals surface area contributed by atoms with Gasteiger partial charge in [0.15, 0.2) is 0 Å². The van der Waals surface area contributed by atoms with Crippen molar-refractivity contribution >= 4 is 11.9 Å². The fraction of sp³-hybridized carbons (Fsp3) is 0.600. The Balaban J connectivity index is 2.35. The molecule has 0 aromatic heterocycles. The predicted octanol–water partition coefficient (Wildman–Crippen LogP) is 0.171. The highest BCUT2D eigenvalue weighted by atomic mass is 16.6. The van der Waals surface area contributed by atoms with Crippen LogP contribution in [0.3, 0.4) is 0 Å². The molecule has 1 rings (SSSR count).